The van der Waals surface area contributed by atoms with Gasteiger partial charge < -0.3 is 10.6 Å². The zero-order valence-electron chi connectivity index (χ0n) is 13.3. The van der Waals surface area contributed by atoms with Gasteiger partial charge in [0.05, 0.1) is 0 Å². The van der Waals surface area contributed by atoms with Crippen LogP contribution in [-0.2, 0) is 4.79 Å². The van der Waals surface area contributed by atoms with E-state index in [-0.39, 0.29) is 43.0 Å². The summed E-state index contributed by atoms with van der Waals surface area (Å²) in [5, 5.41) is 0. The van der Waals surface area contributed by atoms with Crippen LogP contribution in [0.1, 0.15) is 47.2 Å². The first-order valence-electron chi connectivity index (χ1n) is 7.63. The fraction of sp³-hybridized carbons (Fsp3) is 0.529. The SMILES string of the molecule is Cc1ccc(C)c(C(=O)CCC(=O)N2CCCC2CN)c1.Cl. The van der Waals surface area contributed by atoms with Gasteiger partial charge in [-0.05, 0) is 38.3 Å². The Hall–Kier alpha value is -1.39. The molecule has 5 heteroatoms. The zero-order chi connectivity index (χ0) is 15.4. The highest BCUT2D eigenvalue weighted by molar-refractivity contribution is 5.99. The molecule has 1 aliphatic heterocycles. The van der Waals surface area contributed by atoms with Crippen molar-refractivity contribution in [3.63, 3.8) is 0 Å². The minimum Gasteiger partial charge on any atom is -0.338 e. The van der Waals surface area contributed by atoms with E-state index in [1.807, 2.05) is 36.9 Å². The number of hydrogen-bond donors (Lipinski definition) is 1. The molecule has 0 radical (unpaired) electrons. The van der Waals surface area contributed by atoms with Gasteiger partial charge in [0.25, 0.3) is 0 Å². The molecule has 1 aromatic carbocycles. The van der Waals surface area contributed by atoms with Crippen molar-refractivity contribution in [2.45, 2.75) is 45.6 Å². The monoisotopic (exact) mass is 324 g/mol. The molecule has 0 bridgehead atoms. The third-order valence-electron chi connectivity index (χ3n) is 4.23. The van der Waals surface area contributed by atoms with Gasteiger partial charge in [0, 0.05) is 37.5 Å². The number of nitrogens with zero attached hydrogens (tertiary/aromatic N) is 1. The van der Waals surface area contributed by atoms with Crippen LogP contribution in [0.15, 0.2) is 18.2 Å². The quantitative estimate of drug-likeness (QED) is 0.847. The Morgan fingerprint density at radius 1 is 1.27 bits per heavy atom. The van der Waals surface area contributed by atoms with Crippen molar-refractivity contribution in [1.29, 1.82) is 0 Å². The van der Waals surface area contributed by atoms with E-state index in [2.05, 4.69) is 0 Å². The second kappa shape index (κ2) is 8.30. The van der Waals surface area contributed by atoms with Crippen LogP contribution in [-0.4, -0.2) is 35.7 Å². The first-order valence-corrected chi connectivity index (χ1v) is 7.63. The third-order valence-corrected chi connectivity index (χ3v) is 4.23. The lowest BCUT2D eigenvalue weighted by molar-refractivity contribution is -0.131. The van der Waals surface area contributed by atoms with E-state index in [9.17, 15) is 9.59 Å². The number of benzene rings is 1. The number of halogens is 1. The maximum Gasteiger partial charge on any atom is 0.223 e. The molecule has 0 aromatic heterocycles. The van der Waals surface area contributed by atoms with Gasteiger partial charge >= 0.3 is 0 Å². The molecule has 1 saturated heterocycles. The average molecular weight is 325 g/mol. The Labute approximate surface area is 138 Å². The van der Waals surface area contributed by atoms with Gasteiger partial charge in [-0.1, -0.05) is 17.7 Å². The van der Waals surface area contributed by atoms with Crippen LogP contribution in [0.4, 0.5) is 0 Å². The molecular weight excluding hydrogens is 300 g/mol. The lowest BCUT2D eigenvalue weighted by atomic mass is 9.99. The van der Waals surface area contributed by atoms with E-state index in [0.29, 0.717) is 6.54 Å². The standard InChI is InChI=1S/C17H24N2O2.ClH/c1-12-5-6-13(2)15(10-12)16(20)7-8-17(21)19-9-3-4-14(19)11-18;/h5-6,10,14H,3-4,7-9,11,18H2,1-2H3;1H. The van der Waals surface area contributed by atoms with Gasteiger partial charge in [0.2, 0.25) is 5.91 Å². The molecule has 0 spiro atoms. The van der Waals surface area contributed by atoms with Crippen molar-refractivity contribution in [3.8, 4) is 0 Å². The molecule has 122 valence electrons. The number of carbonyl (C=O) groups is 2. The predicted molar refractivity (Wildman–Crippen MR) is 90.5 cm³/mol. The third kappa shape index (κ3) is 4.31. The highest BCUT2D eigenvalue weighted by Gasteiger charge is 2.27. The number of likely N-dealkylation sites (tertiary alicyclic amines) is 1. The molecule has 1 amide bonds. The van der Waals surface area contributed by atoms with Gasteiger partial charge in [-0.15, -0.1) is 12.4 Å². The summed E-state index contributed by atoms with van der Waals surface area (Å²) in [5.74, 6) is 0.106. The Morgan fingerprint density at radius 2 is 2.00 bits per heavy atom. The fourth-order valence-electron chi connectivity index (χ4n) is 2.94. The summed E-state index contributed by atoms with van der Waals surface area (Å²) in [6, 6.07) is 6.01. The average Bonchev–Trinajstić information content (AvgIpc) is 2.95. The second-order valence-electron chi connectivity index (χ2n) is 5.86. The fourth-order valence-corrected chi connectivity index (χ4v) is 2.94. The molecule has 22 heavy (non-hydrogen) atoms. The molecule has 2 rings (SSSR count). The van der Waals surface area contributed by atoms with Crippen LogP contribution in [0.25, 0.3) is 0 Å². The number of ketones is 1. The molecule has 0 saturated carbocycles. The number of aryl methyl sites for hydroxylation is 2. The number of amides is 1. The lowest BCUT2D eigenvalue weighted by Crippen LogP contribution is -2.40. The molecule has 1 aromatic rings. The molecule has 1 unspecified atom stereocenters. The van der Waals surface area contributed by atoms with Crippen LogP contribution in [0.3, 0.4) is 0 Å². The van der Waals surface area contributed by atoms with Gasteiger partial charge in [0.1, 0.15) is 0 Å². The highest BCUT2D eigenvalue weighted by Crippen LogP contribution is 2.19. The van der Waals surface area contributed by atoms with Crippen molar-refractivity contribution in [2.24, 2.45) is 5.73 Å². The Bertz CT molecular complexity index is 545. The van der Waals surface area contributed by atoms with Gasteiger partial charge in [-0.25, -0.2) is 0 Å². The van der Waals surface area contributed by atoms with Crippen LogP contribution in [0, 0.1) is 13.8 Å². The Morgan fingerprint density at radius 3 is 2.68 bits per heavy atom. The number of hydrogen-bond acceptors (Lipinski definition) is 3. The normalized spacial score (nSPS) is 17.2. The Balaban J connectivity index is 0.00000242. The number of carbonyl (C=O) groups excluding carboxylic acids is 2. The number of rotatable bonds is 5. The maximum absolute atomic E-state index is 12.3. The van der Waals surface area contributed by atoms with Crippen molar-refractivity contribution < 1.29 is 9.59 Å². The molecule has 1 atom stereocenters. The summed E-state index contributed by atoms with van der Waals surface area (Å²) in [7, 11) is 0. The van der Waals surface area contributed by atoms with Crippen molar-refractivity contribution in [2.75, 3.05) is 13.1 Å². The van der Waals surface area contributed by atoms with Gasteiger partial charge in [0.15, 0.2) is 5.78 Å². The highest BCUT2D eigenvalue weighted by atomic mass is 35.5. The van der Waals surface area contributed by atoms with Crippen LogP contribution in [0.5, 0.6) is 0 Å². The molecule has 4 nitrogen and oxygen atoms in total. The van der Waals surface area contributed by atoms with Gasteiger partial charge in [-0.3, -0.25) is 9.59 Å². The predicted octanol–water partition coefficient (Wildman–Crippen LogP) is 2.64. The molecular formula is C17H25ClN2O2. The number of Topliss-reactive ketones (excluding diaryl/α,β-unsaturated/α-hetero) is 1. The summed E-state index contributed by atoms with van der Waals surface area (Å²) < 4.78 is 0. The summed E-state index contributed by atoms with van der Waals surface area (Å²) in [4.78, 5) is 26.4. The van der Waals surface area contributed by atoms with Crippen molar-refractivity contribution >= 4 is 24.1 Å². The topological polar surface area (TPSA) is 63.4 Å². The Kier molecular flexibility index (Phi) is 7.04. The molecule has 2 N–H and O–H groups in total. The summed E-state index contributed by atoms with van der Waals surface area (Å²) >= 11 is 0. The van der Waals surface area contributed by atoms with Crippen LogP contribution >= 0.6 is 12.4 Å². The maximum atomic E-state index is 12.3. The van der Waals surface area contributed by atoms with Crippen molar-refractivity contribution in [1.82, 2.24) is 4.90 Å². The van der Waals surface area contributed by atoms with E-state index in [1.165, 1.54) is 0 Å². The molecule has 1 fully saturated rings. The molecule has 1 aliphatic rings. The van der Waals surface area contributed by atoms with Crippen molar-refractivity contribution in [3.05, 3.63) is 34.9 Å². The van der Waals surface area contributed by atoms with E-state index in [4.69, 9.17) is 5.73 Å². The summed E-state index contributed by atoms with van der Waals surface area (Å²) in [6.07, 6.45) is 2.55. The first kappa shape index (κ1) is 18.7. The molecule has 1 heterocycles. The first-order chi connectivity index (χ1) is 10.0. The minimum atomic E-state index is 0. The number of nitrogens with two attached hydrogens (primary N) is 1. The van der Waals surface area contributed by atoms with E-state index in [1.54, 1.807) is 0 Å². The molecule has 0 aliphatic carbocycles. The van der Waals surface area contributed by atoms with Crippen LogP contribution in [0.2, 0.25) is 0 Å². The largest absolute Gasteiger partial charge is 0.338 e. The minimum absolute atomic E-state index is 0. The summed E-state index contributed by atoms with van der Waals surface area (Å²) in [6.45, 7) is 5.19. The van der Waals surface area contributed by atoms with E-state index < -0.39 is 0 Å². The van der Waals surface area contributed by atoms with E-state index >= 15 is 0 Å². The summed E-state index contributed by atoms with van der Waals surface area (Å²) in [5.41, 5.74) is 8.46. The van der Waals surface area contributed by atoms with Gasteiger partial charge in [-0.2, -0.15) is 0 Å². The zero-order valence-corrected chi connectivity index (χ0v) is 14.1. The lowest BCUT2D eigenvalue weighted by Gasteiger charge is -2.23. The smallest absolute Gasteiger partial charge is 0.223 e. The van der Waals surface area contributed by atoms with Crippen LogP contribution < -0.4 is 5.73 Å². The van der Waals surface area contributed by atoms with E-state index in [0.717, 1.165) is 36.1 Å². The second-order valence-corrected chi connectivity index (χ2v) is 5.86.